The smallest absolute Gasteiger partial charge is 0.200 e. The molecule has 0 bridgehead atoms. The van der Waals surface area contributed by atoms with Crippen LogP contribution in [0.5, 0.6) is 0 Å². The molecular formula is C6H7N3OS. The highest BCUT2D eigenvalue weighted by Gasteiger charge is 2.04. The minimum atomic E-state index is 0.376. The summed E-state index contributed by atoms with van der Waals surface area (Å²) in [6, 6.07) is 0. The third-order valence-electron chi connectivity index (χ3n) is 1.14. The first-order valence-electron chi connectivity index (χ1n) is 2.99. The molecule has 11 heavy (non-hydrogen) atoms. The minimum Gasteiger partial charge on any atom is -0.374 e. The zero-order valence-corrected chi connectivity index (χ0v) is 6.76. The zero-order chi connectivity index (χ0) is 8.27. The lowest BCUT2D eigenvalue weighted by Gasteiger charge is -1.86. The van der Waals surface area contributed by atoms with Gasteiger partial charge in [0.1, 0.15) is 0 Å². The van der Waals surface area contributed by atoms with E-state index in [2.05, 4.69) is 9.36 Å². The van der Waals surface area contributed by atoms with Gasteiger partial charge in [0, 0.05) is 11.5 Å². The van der Waals surface area contributed by atoms with Crippen molar-refractivity contribution < 1.29 is 4.79 Å². The predicted molar refractivity (Wildman–Crippen MR) is 44.0 cm³/mol. The first-order valence-corrected chi connectivity index (χ1v) is 3.76. The number of rotatable bonds is 2. The van der Waals surface area contributed by atoms with Crippen molar-refractivity contribution in [2.24, 2.45) is 0 Å². The summed E-state index contributed by atoms with van der Waals surface area (Å²) in [5, 5.41) is 0.376. The fraction of sp³-hybridized carbons (Fsp3) is 0.167. The van der Waals surface area contributed by atoms with Crippen molar-refractivity contribution >= 4 is 28.5 Å². The molecule has 0 radical (unpaired) electrons. The fourth-order valence-corrected chi connectivity index (χ4v) is 1.06. The number of nitrogens with zero attached hydrogens (tertiary/aromatic N) is 2. The van der Waals surface area contributed by atoms with Crippen LogP contribution in [0, 0.1) is 0 Å². The number of hydrogen-bond donors (Lipinski definition) is 1. The van der Waals surface area contributed by atoms with Crippen LogP contribution >= 0.6 is 11.5 Å². The Balaban J connectivity index is 3.00. The van der Waals surface area contributed by atoms with Crippen LogP contribution in [0.2, 0.25) is 0 Å². The second-order valence-electron chi connectivity index (χ2n) is 1.82. The summed E-state index contributed by atoms with van der Waals surface area (Å²) in [6.45, 7) is 1.75. The summed E-state index contributed by atoms with van der Waals surface area (Å²) >= 11 is 1.08. The maximum atomic E-state index is 10.4. The lowest BCUT2D eigenvalue weighted by Crippen LogP contribution is -1.89. The molecule has 58 valence electrons. The molecule has 1 heterocycles. The first-order chi connectivity index (χ1) is 5.27. The number of carbonyl (C=O) groups is 1. The van der Waals surface area contributed by atoms with Gasteiger partial charge in [-0.25, -0.2) is 0 Å². The average molecular weight is 169 g/mol. The summed E-state index contributed by atoms with van der Waals surface area (Å²) in [6.07, 6.45) is 2.36. The van der Waals surface area contributed by atoms with E-state index < -0.39 is 0 Å². The Labute approximate surface area is 67.9 Å². The lowest BCUT2D eigenvalue weighted by atomic mass is 10.3. The van der Waals surface area contributed by atoms with Crippen molar-refractivity contribution in [2.45, 2.75) is 6.92 Å². The van der Waals surface area contributed by atoms with E-state index in [1.54, 1.807) is 13.0 Å². The molecule has 0 saturated heterocycles. The van der Waals surface area contributed by atoms with Crippen molar-refractivity contribution in [3.05, 3.63) is 11.9 Å². The van der Waals surface area contributed by atoms with E-state index in [9.17, 15) is 4.79 Å². The van der Waals surface area contributed by atoms with Crippen LogP contribution < -0.4 is 5.73 Å². The van der Waals surface area contributed by atoms with Gasteiger partial charge in [-0.05, 0) is 6.92 Å². The lowest BCUT2D eigenvalue weighted by molar-refractivity contribution is -0.103. The van der Waals surface area contributed by atoms with E-state index in [-0.39, 0.29) is 0 Å². The fourth-order valence-electron chi connectivity index (χ4n) is 0.602. The molecule has 1 aromatic rings. The molecule has 1 aromatic heterocycles. The molecule has 0 aliphatic rings. The quantitative estimate of drug-likeness (QED) is 0.523. The number of anilines is 1. The standard InChI is InChI=1S/C6H7N3OS/c1-2-4(3-10)5-8-6(7)11-9-5/h2-3H,1H3,(H2,7,8,9)/b4-2-. The van der Waals surface area contributed by atoms with Crippen LogP contribution in [0.3, 0.4) is 0 Å². The van der Waals surface area contributed by atoms with Gasteiger partial charge in [-0.15, -0.1) is 0 Å². The molecule has 0 amide bonds. The topological polar surface area (TPSA) is 68.9 Å². The molecule has 4 nitrogen and oxygen atoms in total. The summed E-state index contributed by atoms with van der Waals surface area (Å²) in [4.78, 5) is 14.2. The average Bonchev–Trinajstić information content (AvgIpc) is 2.39. The summed E-state index contributed by atoms with van der Waals surface area (Å²) in [7, 11) is 0. The van der Waals surface area contributed by atoms with Gasteiger partial charge in [0.05, 0.1) is 5.57 Å². The van der Waals surface area contributed by atoms with E-state index in [0.29, 0.717) is 22.8 Å². The van der Waals surface area contributed by atoms with Crippen molar-refractivity contribution in [2.75, 3.05) is 5.73 Å². The third kappa shape index (κ3) is 1.62. The number of nitrogen functional groups attached to an aromatic ring is 1. The SMILES string of the molecule is C/C=C(/C=O)c1nsc(N)n1. The normalized spacial score (nSPS) is 11.5. The van der Waals surface area contributed by atoms with Gasteiger partial charge < -0.3 is 5.73 Å². The van der Waals surface area contributed by atoms with Gasteiger partial charge in [-0.1, -0.05) is 6.08 Å². The van der Waals surface area contributed by atoms with Gasteiger partial charge in [0.15, 0.2) is 17.2 Å². The Morgan fingerprint density at radius 1 is 1.73 bits per heavy atom. The van der Waals surface area contributed by atoms with Crippen LogP contribution in [-0.4, -0.2) is 15.6 Å². The second-order valence-corrected chi connectivity index (χ2v) is 2.60. The van der Waals surface area contributed by atoms with Crippen LogP contribution in [0.1, 0.15) is 12.7 Å². The summed E-state index contributed by atoms with van der Waals surface area (Å²) in [5.41, 5.74) is 5.80. The molecular weight excluding hydrogens is 162 g/mol. The van der Waals surface area contributed by atoms with E-state index in [0.717, 1.165) is 11.5 Å². The molecule has 5 heteroatoms. The second kappa shape index (κ2) is 3.25. The van der Waals surface area contributed by atoms with Crippen molar-refractivity contribution in [1.82, 2.24) is 9.36 Å². The molecule has 2 N–H and O–H groups in total. The van der Waals surface area contributed by atoms with E-state index in [1.807, 2.05) is 0 Å². The molecule has 0 unspecified atom stereocenters. The Morgan fingerprint density at radius 2 is 2.45 bits per heavy atom. The van der Waals surface area contributed by atoms with Crippen molar-refractivity contribution in [3.8, 4) is 0 Å². The maximum Gasteiger partial charge on any atom is 0.200 e. The molecule has 0 aliphatic heterocycles. The number of aldehydes is 1. The van der Waals surface area contributed by atoms with Crippen LogP contribution in [0.15, 0.2) is 6.08 Å². The highest BCUT2D eigenvalue weighted by molar-refractivity contribution is 7.09. The molecule has 0 atom stereocenters. The predicted octanol–water partition coefficient (Wildman–Crippen LogP) is 0.723. The largest absolute Gasteiger partial charge is 0.374 e. The Kier molecular flexibility index (Phi) is 2.32. The number of nitrogens with two attached hydrogens (primary N) is 1. The van der Waals surface area contributed by atoms with Crippen molar-refractivity contribution in [3.63, 3.8) is 0 Å². The monoisotopic (exact) mass is 169 g/mol. The van der Waals surface area contributed by atoms with Gasteiger partial charge in [0.2, 0.25) is 0 Å². The Morgan fingerprint density at radius 3 is 2.82 bits per heavy atom. The molecule has 0 saturated carbocycles. The Hall–Kier alpha value is -1.23. The maximum absolute atomic E-state index is 10.4. The highest BCUT2D eigenvalue weighted by Crippen LogP contribution is 2.12. The summed E-state index contributed by atoms with van der Waals surface area (Å²) in [5.74, 6) is 0.407. The van der Waals surface area contributed by atoms with Gasteiger partial charge >= 0.3 is 0 Å². The number of aromatic nitrogens is 2. The number of hydrogen-bond acceptors (Lipinski definition) is 5. The molecule has 1 rings (SSSR count). The van der Waals surface area contributed by atoms with Crippen LogP contribution in [0.25, 0.3) is 5.57 Å². The number of carbonyl (C=O) groups excluding carboxylic acids is 1. The van der Waals surface area contributed by atoms with E-state index in [4.69, 9.17) is 5.73 Å². The van der Waals surface area contributed by atoms with Crippen molar-refractivity contribution in [1.29, 1.82) is 0 Å². The highest BCUT2D eigenvalue weighted by atomic mass is 32.1. The molecule has 0 spiro atoms. The van der Waals surface area contributed by atoms with E-state index in [1.165, 1.54) is 0 Å². The first kappa shape index (κ1) is 7.87. The van der Waals surface area contributed by atoms with Gasteiger partial charge in [-0.2, -0.15) is 9.36 Å². The van der Waals surface area contributed by atoms with Crippen LogP contribution in [-0.2, 0) is 4.79 Å². The molecule has 0 aliphatic carbocycles. The molecule has 0 aromatic carbocycles. The zero-order valence-electron chi connectivity index (χ0n) is 5.94. The van der Waals surface area contributed by atoms with Crippen LogP contribution in [0.4, 0.5) is 5.13 Å². The van der Waals surface area contributed by atoms with Gasteiger partial charge in [-0.3, -0.25) is 4.79 Å². The van der Waals surface area contributed by atoms with E-state index >= 15 is 0 Å². The number of allylic oxidation sites excluding steroid dienone is 2. The van der Waals surface area contributed by atoms with Gasteiger partial charge in [0.25, 0.3) is 0 Å². The Bertz CT molecular complexity index is 292. The molecule has 0 fully saturated rings. The summed E-state index contributed by atoms with van der Waals surface area (Å²) < 4.78 is 3.86. The third-order valence-corrected chi connectivity index (χ3v) is 1.68. The minimum absolute atomic E-state index is 0.376.